The predicted octanol–water partition coefficient (Wildman–Crippen LogP) is 14.9. The van der Waals surface area contributed by atoms with Gasteiger partial charge in [0.15, 0.2) is 12.4 Å². The molecule has 9 nitrogen and oxygen atoms in total. The molecule has 0 aliphatic rings. The van der Waals surface area contributed by atoms with Gasteiger partial charge in [-0.1, -0.05) is 191 Å². The normalized spacial score (nSPS) is 14.0. The van der Waals surface area contributed by atoms with Gasteiger partial charge in [-0.3, -0.25) is 9.59 Å². The second kappa shape index (κ2) is 53.2. The fourth-order valence-corrected chi connectivity index (χ4v) is 6.58. The topological polar surface area (TPSA) is 111 Å². The molecule has 73 heavy (non-hydrogen) atoms. The Labute approximate surface area is 444 Å². The van der Waals surface area contributed by atoms with E-state index in [0.717, 1.165) is 128 Å². The third kappa shape index (κ3) is 54.5. The number of carboxylic acids is 1. The lowest BCUT2D eigenvalue weighted by Crippen LogP contribution is -2.44. The molecule has 2 atom stereocenters. The number of nitrogens with zero attached hydrogens (tertiary/aromatic N) is 1. The van der Waals surface area contributed by atoms with Crippen LogP contribution in [-0.4, -0.2) is 82.3 Å². The third-order valence-electron chi connectivity index (χ3n) is 10.8. The molecule has 0 aromatic carbocycles. The number of rotatable bonds is 48. The number of unbranched alkanes of at least 4 members (excludes halogenated alkanes) is 7. The van der Waals surface area contributed by atoms with Gasteiger partial charge in [-0.2, -0.15) is 0 Å². The van der Waals surface area contributed by atoms with Gasteiger partial charge < -0.3 is 33.3 Å². The first kappa shape index (κ1) is 67.9. The highest BCUT2D eigenvalue weighted by atomic mass is 16.7. The van der Waals surface area contributed by atoms with Crippen molar-refractivity contribution in [2.45, 2.75) is 180 Å². The molecular weight excluding hydrogens is 911 g/mol. The summed E-state index contributed by atoms with van der Waals surface area (Å²) in [6, 6.07) is 0. The molecule has 0 aliphatic heterocycles. The molecule has 0 amide bonds. The predicted molar refractivity (Wildman–Crippen MR) is 305 cm³/mol. The summed E-state index contributed by atoms with van der Waals surface area (Å²) in [7, 11) is 5.88. The molecule has 0 N–H and O–H groups in total. The van der Waals surface area contributed by atoms with Crippen molar-refractivity contribution < 1.29 is 42.9 Å². The van der Waals surface area contributed by atoms with Crippen molar-refractivity contribution in [1.82, 2.24) is 0 Å². The molecule has 0 heterocycles. The molecule has 0 aliphatic carbocycles. The van der Waals surface area contributed by atoms with E-state index in [2.05, 4.69) is 172 Å². The van der Waals surface area contributed by atoms with Crippen LogP contribution in [0.4, 0.5) is 0 Å². The van der Waals surface area contributed by atoms with Crippen LogP contribution in [0.5, 0.6) is 0 Å². The van der Waals surface area contributed by atoms with Crippen LogP contribution >= 0.6 is 0 Å². The smallest absolute Gasteiger partial charge is 0.306 e. The zero-order valence-corrected chi connectivity index (χ0v) is 46.2. The second-order valence-electron chi connectivity index (χ2n) is 18.8. The second-order valence-corrected chi connectivity index (χ2v) is 18.8. The van der Waals surface area contributed by atoms with Gasteiger partial charge in [0.25, 0.3) is 0 Å². The van der Waals surface area contributed by atoms with Gasteiger partial charge in [0.1, 0.15) is 13.2 Å². The van der Waals surface area contributed by atoms with Gasteiger partial charge in [0, 0.05) is 12.8 Å². The van der Waals surface area contributed by atoms with Gasteiger partial charge in [-0.15, -0.1) is 0 Å². The number of carbonyl (C=O) groups is 3. The summed E-state index contributed by atoms with van der Waals surface area (Å²) < 4.78 is 22.5. The van der Waals surface area contributed by atoms with Crippen LogP contribution in [0, 0.1) is 0 Å². The van der Waals surface area contributed by atoms with E-state index in [4.69, 9.17) is 18.9 Å². The van der Waals surface area contributed by atoms with Crippen molar-refractivity contribution in [1.29, 1.82) is 0 Å². The van der Waals surface area contributed by atoms with E-state index in [-0.39, 0.29) is 32.7 Å². The minimum absolute atomic E-state index is 0.127. The van der Waals surface area contributed by atoms with Crippen LogP contribution < -0.4 is 5.11 Å². The van der Waals surface area contributed by atoms with E-state index >= 15 is 0 Å². The number of aliphatic carboxylic acids is 1. The maximum atomic E-state index is 12.8. The summed E-state index contributed by atoms with van der Waals surface area (Å²) in [5.74, 6) is -2.39. The van der Waals surface area contributed by atoms with Crippen molar-refractivity contribution >= 4 is 17.9 Å². The van der Waals surface area contributed by atoms with E-state index in [1.165, 1.54) is 0 Å². The zero-order chi connectivity index (χ0) is 53.4. The van der Waals surface area contributed by atoms with E-state index in [1.807, 2.05) is 21.1 Å². The summed E-state index contributed by atoms with van der Waals surface area (Å²) in [4.78, 5) is 37.2. The number of allylic oxidation sites excluding steroid dienone is 26. The minimum atomic E-state index is -1.65. The first-order valence-corrected chi connectivity index (χ1v) is 27.6. The fourth-order valence-electron chi connectivity index (χ4n) is 6.58. The van der Waals surface area contributed by atoms with E-state index in [1.54, 1.807) is 0 Å². The number of esters is 2. The van der Waals surface area contributed by atoms with E-state index in [9.17, 15) is 19.5 Å². The van der Waals surface area contributed by atoms with Crippen molar-refractivity contribution in [3.8, 4) is 0 Å². The van der Waals surface area contributed by atoms with Gasteiger partial charge in [-0.25, -0.2) is 0 Å². The number of hydrogen-bond donors (Lipinski definition) is 0. The maximum absolute atomic E-state index is 12.8. The quantitative estimate of drug-likeness (QED) is 0.0195. The third-order valence-corrected chi connectivity index (χ3v) is 10.8. The minimum Gasteiger partial charge on any atom is -0.545 e. The molecule has 0 aromatic heterocycles. The average molecular weight is 1010 g/mol. The molecule has 0 saturated heterocycles. The molecule has 0 spiro atoms. The summed E-state index contributed by atoms with van der Waals surface area (Å²) in [6.07, 6.45) is 75.8. The van der Waals surface area contributed by atoms with Crippen LogP contribution in [0.15, 0.2) is 158 Å². The monoisotopic (exact) mass is 1010 g/mol. The highest BCUT2D eigenvalue weighted by Gasteiger charge is 2.21. The van der Waals surface area contributed by atoms with Gasteiger partial charge in [0.05, 0.1) is 40.3 Å². The number of carbonyl (C=O) groups excluding carboxylic acids is 3. The Balaban J connectivity index is 4.37. The molecule has 0 rings (SSSR count). The SMILES string of the molecule is CC/C=C\C/C=C\C/C=C\C/C=C\C/C=C\C/C=C\C/C=C\C/C=C\C/C=C\CCCCCCCC(=O)OC(COC(=O)CCCC/C=C\C/C=C\C/C=C\C/C=C\CC)COC(OCC[N+](C)(C)C)C(=O)[O-]. The molecule has 0 fully saturated rings. The van der Waals surface area contributed by atoms with Crippen molar-refractivity contribution in [2.75, 3.05) is 47.5 Å². The fraction of sp³-hybridized carbons (Fsp3) is 0.547. The highest BCUT2D eigenvalue weighted by molar-refractivity contribution is 5.70. The number of carboxylic acid groups (broad SMARTS) is 1. The van der Waals surface area contributed by atoms with Crippen molar-refractivity contribution in [3.05, 3.63) is 158 Å². The summed E-state index contributed by atoms with van der Waals surface area (Å²) in [5.41, 5.74) is 0. The zero-order valence-electron chi connectivity index (χ0n) is 46.2. The Bertz CT molecular complexity index is 1750. The number of quaternary nitrogens is 1. The molecule has 2 unspecified atom stereocenters. The summed E-state index contributed by atoms with van der Waals surface area (Å²) in [5, 5.41) is 11.7. The lowest BCUT2D eigenvalue weighted by atomic mass is 10.1. The Morgan fingerprint density at radius 2 is 0.740 bits per heavy atom. The first-order valence-electron chi connectivity index (χ1n) is 27.6. The van der Waals surface area contributed by atoms with Gasteiger partial charge in [-0.05, 0) is 122 Å². The average Bonchev–Trinajstić information content (AvgIpc) is 3.36. The molecule has 0 aromatic rings. The van der Waals surface area contributed by atoms with Crippen LogP contribution in [0.1, 0.15) is 168 Å². The van der Waals surface area contributed by atoms with Crippen LogP contribution in [0.3, 0.4) is 0 Å². The number of ether oxygens (including phenoxy) is 4. The van der Waals surface area contributed by atoms with Gasteiger partial charge in [0.2, 0.25) is 0 Å². The molecule has 0 bridgehead atoms. The van der Waals surface area contributed by atoms with Crippen LogP contribution in [-0.2, 0) is 33.3 Å². The number of hydrogen-bond acceptors (Lipinski definition) is 8. The van der Waals surface area contributed by atoms with E-state index < -0.39 is 30.3 Å². The Hall–Kier alpha value is -5.09. The Kier molecular flexibility index (Phi) is 49.5. The number of likely N-dealkylation sites (N-methyl/N-ethyl adjacent to an activating group) is 1. The van der Waals surface area contributed by atoms with Crippen LogP contribution in [0.25, 0.3) is 0 Å². The molecule has 0 radical (unpaired) electrons. The Morgan fingerprint density at radius 1 is 0.411 bits per heavy atom. The first-order chi connectivity index (χ1) is 35.6. The summed E-state index contributed by atoms with van der Waals surface area (Å²) >= 11 is 0. The molecule has 0 saturated carbocycles. The highest BCUT2D eigenvalue weighted by Crippen LogP contribution is 2.12. The van der Waals surface area contributed by atoms with Gasteiger partial charge >= 0.3 is 11.9 Å². The van der Waals surface area contributed by atoms with Crippen LogP contribution in [0.2, 0.25) is 0 Å². The summed E-state index contributed by atoms with van der Waals surface area (Å²) in [6.45, 7) is 4.40. The van der Waals surface area contributed by atoms with E-state index in [0.29, 0.717) is 23.9 Å². The molecule has 9 heteroatoms. The largest absolute Gasteiger partial charge is 0.545 e. The Morgan fingerprint density at radius 3 is 1.12 bits per heavy atom. The van der Waals surface area contributed by atoms with Crippen molar-refractivity contribution in [2.24, 2.45) is 0 Å². The molecular formula is C64H99NO8. The maximum Gasteiger partial charge on any atom is 0.306 e. The molecule has 408 valence electrons. The van der Waals surface area contributed by atoms with Crippen molar-refractivity contribution in [3.63, 3.8) is 0 Å². The standard InChI is InChI=1S/C64H99NO8/c1-6-8-10-12-14-16-18-20-22-23-24-25-26-27-28-29-30-31-32-33-34-35-36-37-38-39-41-43-45-47-49-51-53-55-62(67)73-60(59-72-64(63(68)69)70-57-56-65(3,4)5)58-71-61(66)54-52-50-48-46-44-42-40-21-19-17-15-13-11-9-7-2/h8-11,14-17,20-22,24-25,27-28,30-31,33-34,36-37,39-41,44,46,60,64H,6-7,12-13,18-19,23,26,29,32,35,38,42-43,45,47-59H2,1-5H3/b10-8-,11-9-,16-14-,17-15-,22-20-,25-24-,28-27-,31-30-,34-33-,37-36-,40-21-,41-39-,46-44-. The lowest BCUT2D eigenvalue weighted by molar-refractivity contribution is -0.870. The lowest BCUT2D eigenvalue weighted by Gasteiger charge is -2.26.